The lowest BCUT2D eigenvalue weighted by Gasteiger charge is -2.29. The number of rotatable bonds is 3. The molecule has 0 aliphatic carbocycles. The van der Waals surface area contributed by atoms with Crippen LogP contribution in [0.15, 0.2) is 5.38 Å². The Labute approximate surface area is 118 Å². The highest BCUT2D eigenvalue weighted by Crippen LogP contribution is 2.26. The number of hydrogen-bond donors (Lipinski definition) is 1. The molecule has 106 valence electrons. The highest BCUT2D eigenvalue weighted by atomic mass is 32.1. The number of carboxylic acid groups (broad SMARTS) is 1. The maximum atomic E-state index is 11.0. The van der Waals surface area contributed by atoms with Gasteiger partial charge >= 0.3 is 5.97 Å². The maximum Gasteiger partial charge on any atom is 0.307 e. The van der Waals surface area contributed by atoms with E-state index in [0.717, 1.165) is 36.6 Å². The van der Waals surface area contributed by atoms with Gasteiger partial charge in [0, 0.05) is 23.9 Å². The molecular weight excluding hydrogens is 260 g/mol. The summed E-state index contributed by atoms with van der Waals surface area (Å²) in [5.74, 6) is -0.882. The molecule has 0 radical (unpaired) electrons. The minimum atomic E-state index is -0.668. The molecule has 1 aromatic rings. The number of thiazole rings is 1. The highest BCUT2D eigenvalue weighted by molar-refractivity contribution is 7.09. The second-order valence-corrected chi connectivity index (χ2v) is 7.16. The molecule has 0 aromatic carbocycles. The summed E-state index contributed by atoms with van der Waals surface area (Å²) < 4.78 is 0. The van der Waals surface area contributed by atoms with Crippen molar-refractivity contribution in [1.29, 1.82) is 0 Å². The van der Waals surface area contributed by atoms with E-state index in [1.807, 2.05) is 0 Å². The molecule has 0 spiro atoms. The van der Waals surface area contributed by atoms with Crippen LogP contribution < -0.4 is 0 Å². The van der Waals surface area contributed by atoms with Crippen molar-refractivity contribution < 1.29 is 9.90 Å². The Balaban J connectivity index is 1.97. The Hall–Kier alpha value is -0.940. The molecule has 0 saturated carbocycles. The average Bonchev–Trinajstić information content (AvgIpc) is 2.77. The molecule has 2 heterocycles. The molecule has 19 heavy (non-hydrogen) atoms. The number of carbonyl (C=O) groups is 1. The van der Waals surface area contributed by atoms with Crippen LogP contribution >= 0.6 is 11.3 Å². The molecule has 1 aliphatic heterocycles. The van der Waals surface area contributed by atoms with Gasteiger partial charge in [0.1, 0.15) is 0 Å². The third kappa shape index (κ3) is 3.76. The first-order valence-corrected chi connectivity index (χ1v) is 7.64. The summed E-state index contributed by atoms with van der Waals surface area (Å²) in [6.07, 6.45) is 1.77. The van der Waals surface area contributed by atoms with Gasteiger partial charge in [0.25, 0.3) is 0 Å². The minimum Gasteiger partial charge on any atom is -0.481 e. The minimum absolute atomic E-state index is 0.0917. The quantitative estimate of drug-likeness (QED) is 0.926. The van der Waals surface area contributed by atoms with Gasteiger partial charge in [0.05, 0.1) is 16.6 Å². The first-order chi connectivity index (χ1) is 8.86. The molecule has 1 N–H and O–H groups in total. The fraction of sp³-hybridized carbons (Fsp3) is 0.714. The Morgan fingerprint density at radius 2 is 2.32 bits per heavy atom. The fourth-order valence-electron chi connectivity index (χ4n) is 2.35. The van der Waals surface area contributed by atoms with Gasteiger partial charge in [-0.2, -0.15) is 0 Å². The van der Waals surface area contributed by atoms with Crippen LogP contribution in [-0.4, -0.2) is 34.0 Å². The van der Waals surface area contributed by atoms with E-state index in [-0.39, 0.29) is 11.3 Å². The number of likely N-dealkylation sites (tertiary alicyclic amines) is 1. The Morgan fingerprint density at radius 1 is 1.58 bits per heavy atom. The van der Waals surface area contributed by atoms with Gasteiger partial charge in [0.15, 0.2) is 0 Å². The standard InChI is InChI=1S/C14H22N2O2S/c1-14(2,3)13-15-11(9-19-13)8-16-6-4-5-10(7-16)12(17)18/h9-10H,4-8H2,1-3H3,(H,17,18)/t10-/m0/s1. The number of aromatic nitrogens is 1. The third-order valence-electron chi connectivity index (χ3n) is 3.43. The van der Waals surface area contributed by atoms with Crippen LogP contribution in [0.3, 0.4) is 0 Å². The second kappa shape index (κ2) is 5.59. The summed E-state index contributed by atoms with van der Waals surface area (Å²) in [5.41, 5.74) is 1.16. The number of aliphatic carboxylic acids is 1. The highest BCUT2D eigenvalue weighted by Gasteiger charge is 2.26. The third-order valence-corrected chi connectivity index (χ3v) is 4.75. The van der Waals surface area contributed by atoms with Crippen molar-refractivity contribution in [1.82, 2.24) is 9.88 Å². The van der Waals surface area contributed by atoms with E-state index >= 15 is 0 Å². The molecule has 5 heteroatoms. The van der Waals surface area contributed by atoms with Crippen LogP contribution in [0.1, 0.15) is 44.3 Å². The lowest BCUT2D eigenvalue weighted by molar-refractivity contribution is -0.143. The molecule has 0 unspecified atom stereocenters. The van der Waals surface area contributed by atoms with E-state index in [4.69, 9.17) is 5.11 Å². The Bertz CT molecular complexity index is 451. The van der Waals surface area contributed by atoms with Gasteiger partial charge in [-0.25, -0.2) is 4.98 Å². The van der Waals surface area contributed by atoms with Crippen LogP contribution in [0, 0.1) is 5.92 Å². The number of hydrogen-bond acceptors (Lipinski definition) is 4. The maximum absolute atomic E-state index is 11.0. The predicted molar refractivity (Wildman–Crippen MR) is 76.5 cm³/mol. The van der Waals surface area contributed by atoms with E-state index in [2.05, 4.69) is 36.0 Å². The van der Waals surface area contributed by atoms with Crippen LogP contribution in [0.2, 0.25) is 0 Å². The van der Waals surface area contributed by atoms with Gasteiger partial charge in [-0.15, -0.1) is 11.3 Å². The van der Waals surface area contributed by atoms with Crippen molar-refractivity contribution in [3.05, 3.63) is 16.1 Å². The van der Waals surface area contributed by atoms with Crippen molar-refractivity contribution in [2.45, 2.75) is 45.6 Å². The largest absolute Gasteiger partial charge is 0.481 e. The first-order valence-electron chi connectivity index (χ1n) is 6.76. The fourth-order valence-corrected chi connectivity index (χ4v) is 3.25. The summed E-state index contributed by atoms with van der Waals surface area (Å²) in [4.78, 5) is 17.9. The Morgan fingerprint density at radius 3 is 2.89 bits per heavy atom. The van der Waals surface area contributed by atoms with Crippen molar-refractivity contribution in [3.8, 4) is 0 Å². The molecule has 4 nitrogen and oxygen atoms in total. The van der Waals surface area contributed by atoms with Crippen LogP contribution in [-0.2, 0) is 16.8 Å². The molecule has 0 bridgehead atoms. The lowest BCUT2D eigenvalue weighted by atomic mass is 9.98. The molecule has 2 rings (SSSR count). The number of nitrogens with zero attached hydrogens (tertiary/aromatic N) is 2. The summed E-state index contributed by atoms with van der Waals surface area (Å²) in [7, 11) is 0. The molecule has 1 atom stereocenters. The van der Waals surface area contributed by atoms with Crippen LogP contribution in [0.4, 0.5) is 0 Å². The van der Waals surface area contributed by atoms with Crippen molar-refractivity contribution in [3.63, 3.8) is 0 Å². The summed E-state index contributed by atoms with van der Waals surface area (Å²) in [5, 5.41) is 12.3. The van der Waals surface area contributed by atoms with E-state index in [1.165, 1.54) is 0 Å². The SMILES string of the molecule is CC(C)(C)c1nc(CN2CCC[C@H](C(=O)O)C2)cs1. The molecule has 1 aliphatic rings. The van der Waals surface area contributed by atoms with E-state index in [9.17, 15) is 4.79 Å². The van der Waals surface area contributed by atoms with Gasteiger partial charge < -0.3 is 5.11 Å². The zero-order valence-corrected chi connectivity index (χ0v) is 12.7. The summed E-state index contributed by atoms with van der Waals surface area (Å²) >= 11 is 1.70. The van der Waals surface area contributed by atoms with E-state index in [1.54, 1.807) is 11.3 Å². The van der Waals surface area contributed by atoms with Gasteiger partial charge in [-0.1, -0.05) is 20.8 Å². The molecular formula is C14H22N2O2S. The molecule has 0 amide bonds. The Kier molecular flexibility index (Phi) is 4.26. The average molecular weight is 282 g/mol. The van der Waals surface area contributed by atoms with Crippen molar-refractivity contribution >= 4 is 17.3 Å². The molecule has 1 fully saturated rings. The number of carboxylic acids is 1. The lowest BCUT2D eigenvalue weighted by Crippen LogP contribution is -2.38. The number of piperidine rings is 1. The van der Waals surface area contributed by atoms with Gasteiger partial charge in [0.2, 0.25) is 0 Å². The smallest absolute Gasteiger partial charge is 0.307 e. The molecule has 1 saturated heterocycles. The van der Waals surface area contributed by atoms with Crippen LogP contribution in [0.25, 0.3) is 0 Å². The predicted octanol–water partition coefficient (Wildman–Crippen LogP) is 2.74. The zero-order valence-electron chi connectivity index (χ0n) is 11.8. The first kappa shape index (κ1) is 14.5. The second-order valence-electron chi connectivity index (χ2n) is 6.31. The van der Waals surface area contributed by atoms with Crippen LogP contribution in [0.5, 0.6) is 0 Å². The van der Waals surface area contributed by atoms with Gasteiger partial charge in [-0.3, -0.25) is 9.69 Å². The molecule has 1 aromatic heterocycles. The summed E-state index contributed by atoms with van der Waals surface area (Å²) in [6, 6.07) is 0. The topological polar surface area (TPSA) is 53.4 Å². The van der Waals surface area contributed by atoms with Crippen molar-refractivity contribution in [2.75, 3.05) is 13.1 Å². The van der Waals surface area contributed by atoms with Crippen molar-refractivity contribution in [2.24, 2.45) is 5.92 Å². The van der Waals surface area contributed by atoms with Gasteiger partial charge in [-0.05, 0) is 19.4 Å². The summed E-state index contributed by atoms with van der Waals surface area (Å²) in [6.45, 7) is 8.89. The normalized spacial score (nSPS) is 21.5. The zero-order chi connectivity index (χ0) is 14.0. The van der Waals surface area contributed by atoms with E-state index in [0.29, 0.717) is 6.54 Å². The monoisotopic (exact) mass is 282 g/mol. The van der Waals surface area contributed by atoms with E-state index < -0.39 is 5.97 Å².